The summed E-state index contributed by atoms with van der Waals surface area (Å²) in [5.41, 5.74) is 1.63. The number of rotatable bonds is 4. The van der Waals surface area contributed by atoms with Crippen molar-refractivity contribution in [1.82, 2.24) is 9.97 Å². The Morgan fingerprint density at radius 3 is 2.74 bits per heavy atom. The number of halogens is 4. The summed E-state index contributed by atoms with van der Waals surface area (Å²) in [5, 5.41) is 0. The maximum absolute atomic E-state index is 13.7. The zero-order valence-electron chi connectivity index (χ0n) is 16.4. The van der Waals surface area contributed by atoms with E-state index in [0.717, 1.165) is 23.4 Å². The summed E-state index contributed by atoms with van der Waals surface area (Å²) in [7, 11) is 1.32. The van der Waals surface area contributed by atoms with Crippen LogP contribution < -0.4 is 4.90 Å². The van der Waals surface area contributed by atoms with Crippen LogP contribution in [0.3, 0.4) is 0 Å². The van der Waals surface area contributed by atoms with E-state index in [1.54, 1.807) is 18.2 Å². The highest BCUT2D eigenvalue weighted by molar-refractivity contribution is 5.94. The predicted molar refractivity (Wildman–Crippen MR) is 105 cm³/mol. The normalized spacial score (nSPS) is 13.3. The summed E-state index contributed by atoms with van der Waals surface area (Å²) in [4.78, 5) is 22.6. The van der Waals surface area contributed by atoms with E-state index in [1.165, 1.54) is 13.3 Å². The molecule has 0 N–H and O–H groups in total. The molecule has 3 aromatic rings. The van der Waals surface area contributed by atoms with Crippen LogP contribution in [0.4, 0.5) is 29.2 Å². The molecule has 1 aliphatic rings. The van der Waals surface area contributed by atoms with Crippen LogP contribution >= 0.6 is 0 Å². The summed E-state index contributed by atoms with van der Waals surface area (Å²) in [6, 6.07) is 9.28. The fourth-order valence-electron chi connectivity index (χ4n) is 3.68. The molecule has 0 bridgehead atoms. The van der Waals surface area contributed by atoms with Gasteiger partial charge in [-0.15, -0.1) is 0 Å². The average molecular weight is 431 g/mol. The number of hydrogen-bond donors (Lipinski definition) is 0. The molecule has 0 spiro atoms. The zero-order chi connectivity index (χ0) is 22.2. The molecule has 2 heterocycles. The van der Waals surface area contributed by atoms with Crippen molar-refractivity contribution in [2.45, 2.75) is 19.0 Å². The summed E-state index contributed by atoms with van der Waals surface area (Å²) >= 11 is 0. The number of nitrogens with zero attached hydrogens (tertiary/aromatic N) is 3. The zero-order valence-corrected chi connectivity index (χ0v) is 16.4. The topological polar surface area (TPSA) is 55.3 Å². The van der Waals surface area contributed by atoms with E-state index in [1.807, 2.05) is 11.0 Å². The van der Waals surface area contributed by atoms with Crippen LogP contribution in [0, 0.1) is 5.82 Å². The number of fused-ring (bicyclic) bond motifs is 1. The Balaban J connectivity index is 1.63. The number of alkyl halides is 3. The highest BCUT2D eigenvalue weighted by Gasteiger charge is 2.31. The number of benzene rings is 2. The number of methoxy groups -OCH3 is 1. The molecule has 160 valence electrons. The molecule has 0 unspecified atom stereocenters. The molecule has 0 saturated carbocycles. The molecule has 0 atom stereocenters. The SMILES string of the molecule is COC(=O)c1cccc2c1CCN2c1nccc(Cc2cc(F)cc(C(F)(F)F)c2)n1. The van der Waals surface area contributed by atoms with Gasteiger partial charge in [0.15, 0.2) is 0 Å². The molecule has 0 aliphatic carbocycles. The van der Waals surface area contributed by atoms with Crippen LogP contribution in [0.15, 0.2) is 48.7 Å². The van der Waals surface area contributed by atoms with E-state index in [2.05, 4.69) is 9.97 Å². The first kappa shape index (κ1) is 20.8. The van der Waals surface area contributed by atoms with E-state index in [4.69, 9.17) is 4.74 Å². The number of carbonyl (C=O) groups is 1. The highest BCUT2D eigenvalue weighted by atomic mass is 19.4. The Labute approximate surface area is 175 Å². The molecule has 4 rings (SSSR count). The third-order valence-electron chi connectivity index (χ3n) is 5.04. The van der Waals surface area contributed by atoms with Crippen LogP contribution in [0.5, 0.6) is 0 Å². The molecule has 2 aromatic carbocycles. The molecular weight excluding hydrogens is 414 g/mol. The molecular formula is C22H17F4N3O2. The van der Waals surface area contributed by atoms with Gasteiger partial charge in [0.1, 0.15) is 5.82 Å². The second kappa shape index (κ2) is 7.98. The Hall–Kier alpha value is -3.49. The first-order chi connectivity index (χ1) is 14.8. The Morgan fingerprint density at radius 1 is 1.19 bits per heavy atom. The third-order valence-corrected chi connectivity index (χ3v) is 5.04. The summed E-state index contributed by atoms with van der Waals surface area (Å²) in [6.45, 7) is 0.533. The van der Waals surface area contributed by atoms with E-state index < -0.39 is 23.5 Å². The van der Waals surface area contributed by atoms with Crippen molar-refractivity contribution in [2.75, 3.05) is 18.6 Å². The highest BCUT2D eigenvalue weighted by Crippen LogP contribution is 2.35. The predicted octanol–water partition coefficient (Wildman–Crippen LogP) is 4.71. The lowest BCUT2D eigenvalue weighted by molar-refractivity contribution is -0.137. The van der Waals surface area contributed by atoms with Gasteiger partial charge in [-0.25, -0.2) is 19.2 Å². The lowest BCUT2D eigenvalue weighted by Gasteiger charge is -2.18. The summed E-state index contributed by atoms with van der Waals surface area (Å²) in [6.07, 6.45) is -2.53. The van der Waals surface area contributed by atoms with Crippen LogP contribution in [0.2, 0.25) is 0 Å². The van der Waals surface area contributed by atoms with Gasteiger partial charge in [0.2, 0.25) is 5.95 Å². The number of esters is 1. The smallest absolute Gasteiger partial charge is 0.416 e. The van der Waals surface area contributed by atoms with Gasteiger partial charge in [-0.3, -0.25) is 0 Å². The lowest BCUT2D eigenvalue weighted by Crippen LogP contribution is -2.17. The van der Waals surface area contributed by atoms with Gasteiger partial charge in [-0.1, -0.05) is 6.07 Å². The minimum Gasteiger partial charge on any atom is -0.465 e. The van der Waals surface area contributed by atoms with Crippen molar-refractivity contribution >= 4 is 17.6 Å². The van der Waals surface area contributed by atoms with Crippen LogP contribution in [0.25, 0.3) is 0 Å². The molecule has 1 aliphatic heterocycles. The standard InChI is InChI=1S/C22H17F4N3O2/c1-31-20(30)18-3-2-4-19-17(18)6-8-29(19)21-27-7-5-16(28-21)11-13-9-14(22(24,25)26)12-15(23)10-13/h2-5,7,9-10,12H,6,8,11H2,1H3. The molecule has 31 heavy (non-hydrogen) atoms. The van der Waals surface area contributed by atoms with Crippen LogP contribution in [0.1, 0.15) is 32.7 Å². The molecule has 9 heteroatoms. The Kier molecular flexibility index (Phi) is 5.34. The van der Waals surface area contributed by atoms with Crippen molar-refractivity contribution in [2.24, 2.45) is 0 Å². The number of ether oxygens (including phenoxy) is 1. The van der Waals surface area contributed by atoms with E-state index in [9.17, 15) is 22.4 Å². The van der Waals surface area contributed by atoms with Crippen molar-refractivity contribution in [3.8, 4) is 0 Å². The van der Waals surface area contributed by atoms with Gasteiger partial charge in [0, 0.05) is 24.8 Å². The molecule has 5 nitrogen and oxygen atoms in total. The van der Waals surface area contributed by atoms with Crippen molar-refractivity contribution in [3.05, 3.63) is 82.4 Å². The van der Waals surface area contributed by atoms with Gasteiger partial charge in [0.25, 0.3) is 0 Å². The second-order valence-electron chi connectivity index (χ2n) is 7.07. The number of aromatic nitrogens is 2. The maximum Gasteiger partial charge on any atom is 0.416 e. The van der Waals surface area contributed by atoms with Gasteiger partial charge in [0.05, 0.1) is 23.9 Å². The lowest BCUT2D eigenvalue weighted by atomic mass is 10.1. The van der Waals surface area contributed by atoms with Gasteiger partial charge in [-0.2, -0.15) is 13.2 Å². The van der Waals surface area contributed by atoms with Gasteiger partial charge < -0.3 is 9.64 Å². The van der Waals surface area contributed by atoms with Crippen molar-refractivity contribution in [1.29, 1.82) is 0 Å². The molecule has 0 fully saturated rings. The van der Waals surface area contributed by atoms with E-state index >= 15 is 0 Å². The quantitative estimate of drug-likeness (QED) is 0.443. The Bertz CT molecular complexity index is 1150. The number of hydrogen-bond acceptors (Lipinski definition) is 5. The monoisotopic (exact) mass is 431 g/mol. The largest absolute Gasteiger partial charge is 0.465 e. The van der Waals surface area contributed by atoms with Crippen LogP contribution in [-0.4, -0.2) is 29.6 Å². The summed E-state index contributed by atoms with van der Waals surface area (Å²) < 4.78 is 57.5. The molecule has 0 amide bonds. The van der Waals surface area contributed by atoms with Crippen LogP contribution in [-0.2, 0) is 23.8 Å². The minimum atomic E-state index is -4.63. The van der Waals surface area contributed by atoms with Crippen molar-refractivity contribution in [3.63, 3.8) is 0 Å². The second-order valence-corrected chi connectivity index (χ2v) is 7.07. The summed E-state index contributed by atoms with van der Waals surface area (Å²) in [5.74, 6) is -1.03. The van der Waals surface area contributed by atoms with Gasteiger partial charge in [-0.05, 0) is 53.9 Å². The fourth-order valence-corrected chi connectivity index (χ4v) is 3.68. The van der Waals surface area contributed by atoms with E-state index in [0.29, 0.717) is 36.2 Å². The number of anilines is 2. The first-order valence-corrected chi connectivity index (χ1v) is 9.42. The van der Waals surface area contributed by atoms with Gasteiger partial charge >= 0.3 is 12.1 Å². The maximum atomic E-state index is 13.7. The molecule has 0 radical (unpaired) electrons. The average Bonchev–Trinajstić information content (AvgIpc) is 3.16. The van der Waals surface area contributed by atoms with Crippen molar-refractivity contribution < 1.29 is 27.1 Å². The molecule has 0 saturated heterocycles. The fraction of sp³-hybridized carbons (Fsp3) is 0.227. The Morgan fingerprint density at radius 2 is 2.00 bits per heavy atom. The first-order valence-electron chi connectivity index (χ1n) is 9.42. The van der Waals surface area contributed by atoms with E-state index in [-0.39, 0.29) is 12.0 Å². The minimum absolute atomic E-state index is 0.0132. The molecule has 1 aromatic heterocycles. The third kappa shape index (κ3) is 4.21. The number of carbonyl (C=O) groups excluding carboxylic acids is 1.